The molecule has 23 heavy (non-hydrogen) atoms. The average molecular weight is 380 g/mol. The Hall–Kier alpha value is -1.89. The van der Waals surface area contributed by atoms with Gasteiger partial charge in [-0.1, -0.05) is 22.0 Å². The van der Waals surface area contributed by atoms with Crippen LogP contribution in [0.5, 0.6) is 0 Å². The number of carbonyl (C=O) groups excluding carboxylic acids is 2. The van der Waals surface area contributed by atoms with Crippen LogP contribution in [0.1, 0.15) is 25.5 Å². The highest BCUT2D eigenvalue weighted by Gasteiger charge is 2.34. The van der Waals surface area contributed by atoms with Crippen LogP contribution >= 0.6 is 15.9 Å². The van der Waals surface area contributed by atoms with Crippen LogP contribution < -0.4 is 0 Å². The van der Waals surface area contributed by atoms with Gasteiger partial charge in [-0.2, -0.15) is 5.10 Å². The van der Waals surface area contributed by atoms with Gasteiger partial charge in [0.1, 0.15) is 6.54 Å². The molecular weight excluding hydrogens is 362 g/mol. The maximum atomic E-state index is 11.8. The third kappa shape index (κ3) is 2.97. The average Bonchev–Trinajstić information content (AvgIpc) is 2.77. The van der Waals surface area contributed by atoms with Gasteiger partial charge in [0.05, 0.1) is 17.8 Å². The first kappa shape index (κ1) is 16.0. The summed E-state index contributed by atoms with van der Waals surface area (Å²) in [6.45, 7) is 5.13. The maximum Gasteiger partial charge on any atom is 0.327 e. The van der Waals surface area contributed by atoms with E-state index >= 15 is 0 Å². The summed E-state index contributed by atoms with van der Waals surface area (Å²) in [4.78, 5) is 25.0. The van der Waals surface area contributed by atoms with Gasteiger partial charge >= 0.3 is 5.97 Å². The summed E-state index contributed by atoms with van der Waals surface area (Å²) >= 11 is 3.57. The summed E-state index contributed by atoms with van der Waals surface area (Å²) in [7, 11) is 0. The summed E-state index contributed by atoms with van der Waals surface area (Å²) in [5.41, 5.74) is 1.82. The number of aromatic nitrogens is 2. The van der Waals surface area contributed by atoms with E-state index in [1.54, 1.807) is 23.4 Å². The molecule has 0 unspecified atom stereocenters. The van der Waals surface area contributed by atoms with Gasteiger partial charge in [-0.05, 0) is 19.1 Å². The van der Waals surface area contributed by atoms with Crippen molar-refractivity contribution in [3.63, 3.8) is 0 Å². The lowest BCUT2D eigenvalue weighted by Gasteiger charge is -2.37. The Labute approximate surface area is 142 Å². The summed E-state index contributed by atoms with van der Waals surface area (Å²) < 4.78 is 7.65. The summed E-state index contributed by atoms with van der Waals surface area (Å²) in [6, 6.07) is 5.82. The maximum absolute atomic E-state index is 11.8. The molecule has 0 aliphatic carbocycles. The van der Waals surface area contributed by atoms with Gasteiger partial charge in [-0.15, -0.1) is 0 Å². The number of likely N-dealkylation sites (tertiary alicyclic amines) is 1. The molecule has 6 nitrogen and oxygen atoms in total. The second-order valence-electron chi connectivity index (χ2n) is 5.60. The quantitative estimate of drug-likeness (QED) is 0.764. The van der Waals surface area contributed by atoms with E-state index in [4.69, 9.17) is 4.74 Å². The molecule has 2 aromatic rings. The van der Waals surface area contributed by atoms with Gasteiger partial charge in [0.15, 0.2) is 0 Å². The molecule has 2 heterocycles. The van der Waals surface area contributed by atoms with E-state index < -0.39 is 0 Å². The van der Waals surface area contributed by atoms with Gasteiger partial charge in [-0.3, -0.25) is 14.3 Å². The number of ether oxygens (including phenoxy) is 1. The molecule has 1 aromatic carbocycles. The molecule has 0 atom stereocenters. The molecule has 0 N–H and O–H groups in total. The summed E-state index contributed by atoms with van der Waals surface area (Å²) in [5, 5.41) is 5.64. The van der Waals surface area contributed by atoms with Crippen molar-refractivity contribution >= 4 is 38.7 Å². The Morgan fingerprint density at radius 2 is 2.13 bits per heavy atom. The van der Waals surface area contributed by atoms with E-state index in [0.717, 1.165) is 21.1 Å². The van der Waals surface area contributed by atoms with Crippen LogP contribution in [-0.2, 0) is 20.9 Å². The molecule has 1 saturated heterocycles. The first-order valence-corrected chi connectivity index (χ1v) is 8.36. The third-order valence-corrected chi connectivity index (χ3v) is 4.71. The number of hydrogen-bond acceptors (Lipinski definition) is 4. The number of esters is 1. The Balaban J connectivity index is 1.95. The largest absolute Gasteiger partial charge is 0.465 e. The van der Waals surface area contributed by atoms with Gasteiger partial charge in [-0.25, -0.2) is 0 Å². The molecule has 3 rings (SSSR count). The fraction of sp³-hybridized carbons (Fsp3) is 0.438. The van der Waals surface area contributed by atoms with Crippen LogP contribution in [0.2, 0.25) is 0 Å². The van der Waals surface area contributed by atoms with E-state index in [2.05, 4.69) is 21.0 Å². The SMILES string of the molecule is CCOC(=O)Cn1nc(C2CN(C(C)=O)C2)c2c(Br)cccc21. The molecule has 0 saturated carbocycles. The van der Waals surface area contributed by atoms with Crippen molar-refractivity contribution in [2.75, 3.05) is 19.7 Å². The number of nitrogens with zero attached hydrogens (tertiary/aromatic N) is 3. The molecule has 0 radical (unpaired) electrons. The van der Waals surface area contributed by atoms with E-state index in [0.29, 0.717) is 19.7 Å². The predicted molar refractivity (Wildman–Crippen MR) is 89.1 cm³/mol. The van der Waals surface area contributed by atoms with Crippen molar-refractivity contribution in [1.29, 1.82) is 0 Å². The minimum atomic E-state index is -0.303. The number of hydrogen-bond donors (Lipinski definition) is 0. The van der Waals surface area contributed by atoms with Crippen LogP contribution in [0.15, 0.2) is 22.7 Å². The lowest BCUT2D eigenvalue weighted by atomic mass is 9.94. The Bertz CT molecular complexity index is 765. The molecule has 0 spiro atoms. The Morgan fingerprint density at radius 3 is 2.78 bits per heavy atom. The molecule has 7 heteroatoms. The number of amides is 1. The van der Waals surface area contributed by atoms with E-state index in [-0.39, 0.29) is 24.3 Å². The summed E-state index contributed by atoms with van der Waals surface area (Å²) in [6.07, 6.45) is 0. The van der Waals surface area contributed by atoms with Crippen LogP contribution in [0.25, 0.3) is 10.9 Å². The van der Waals surface area contributed by atoms with Crippen LogP contribution in [0, 0.1) is 0 Å². The molecule has 1 amide bonds. The fourth-order valence-corrected chi connectivity index (χ4v) is 3.42. The van der Waals surface area contributed by atoms with Gasteiger partial charge in [0.25, 0.3) is 0 Å². The van der Waals surface area contributed by atoms with E-state index in [9.17, 15) is 9.59 Å². The zero-order valence-electron chi connectivity index (χ0n) is 13.1. The monoisotopic (exact) mass is 379 g/mol. The molecule has 1 aromatic heterocycles. The van der Waals surface area contributed by atoms with Crippen molar-refractivity contribution in [2.45, 2.75) is 26.3 Å². The standard InChI is InChI=1S/C16H18BrN3O3/c1-3-23-14(22)9-20-13-6-4-5-12(17)15(13)16(18-20)11-7-19(8-11)10(2)21/h4-6,11H,3,7-9H2,1-2H3. The molecule has 1 aliphatic heterocycles. The molecule has 122 valence electrons. The highest BCUT2D eigenvalue weighted by Crippen LogP contribution is 2.35. The smallest absolute Gasteiger partial charge is 0.327 e. The van der Waals surface area contributed by atoms with Crippen molar-refractivity contribution in [2.24, 2.45) is 0 Å². The number of halogens is 1. The lowest BCUT2D eigenvalue weighted by Crippen LogP contribution is -2.47. The van der Waals surface area contributed by atoms with E-state index in [1.165, 1.54) is 0 Å². The lowest BCUT2D eigenvalue weighted by molar-refractivity contribution is -0.143. The van der Waals surface area contributed by atoms with E-state index in [1.807, 2.05) is 18.2 Å². The minimum absolute atomic E-state index is 0.0792. The first-order valence-electron chi connectivity index (χ1n) is 7.57. The molecule has 0 bridgehead atoms. The van der Waals surface area contributed by atoms with Crippen LogP contribution in [-0.4, -0.2) is 46.3 Å². The molecule has 1 aliphatic rings. The molecular formula is C16H18BrN3O3. The van der Waals surface area contributed by atoms with Crippen molar-refractivity contribution in [3.8, 4) is 0 Å². The predicted octanol–water partition coefficient (Wildman–Crippen LogP) is 2.31. The zero-order valence-corrected chi connectivity index (χ0v) is 14.7. The first-order chi connectivity index (χ1) is 11.0. The minimum Gasteiger partial charge on any atom is -0.465 e. The molecule has 1 fully saturated rings. The number of rotatable bonds is 4. The van der Waals surface area contributed by atoms with Crippen LogP contribution in [0.4, 0.5) is 0 Å². The Kier molecular flexibility index (Phi) is 4.39. The topological polar surface area (TPSA) is 64.4 Å². The second-order valence-corrected chi connectivity index (χ2v) is 6.46. The number of carbonyl (C=O) groups is 2. The highest BCUT2D eigenvalue weighted by molar-refractivity contribution is 9.10. The van der Waals surface area contributed by atoms with Gasteiger partial charge < -0.3 is 9.64 Å². The van der Waals surface area contributed by atoms with Crippen molar-refractivity contribution < 1.29 is 14.3 Å². The second kappa shape index (κ2) is 6.31. The van der Waals surface area contributed by atoms with Crippen molar-refractivity contribution in [1.82, 2.24) is 14.7 Å². The Morgan fingerprint density at radius 1 is 1.39 bits per heavy atom. The number of benzene rings is 1. The third-order valence-electron chi connectivity index (χ3n) is 4.05. The normalized spacial score (nSPS) is 14.8. The van der Waals surface area contributed by atoms with Gasteiger partial charge in [0, 0.05) is 35.8 Å². The van der Waals surface area contributed by atoms with Gasteiger partial charge in [0.2, 0.25) is 5.91 Å². The number of fused-ring (bicyclic) bond motifs is 1. The zero-order chi connectivity index (χ0) is 16.6. The highest BCUT2D eigenvalue weighted by atomic mass is 79.9. The fourth-order valence-electron chi connectivity index (χ4n) is 2.86. The van der Waals surface area contributed by atoms with Crippen molar-refractivity contribution in [3.05, 3.63) is 28.4 Å². The van der Waals surface area contributed by atoms with Crippen LogP contribution in [0.3, 0.4) is 0 Å². The summed E-state index contributed by atoms with van der Waals surface area (Å²) in [5.74, 6) is -0.0264.